The number of halogens is 3. The summed E-state index contributed by atoms with van der Waals surface area (Å²) in [5.74, 6) is -2.52. The van der Waals surface area contributed by atoms with Crippen molar-refractivity contribution in [3.8, 4) is 0 Å². The molecule has 0 spiro atoms. The first-order chi connectivity index (χ1) is 29.4. The van der Waals surface area contributed by atoms with E-state index in [0.717, 1.165) is 86.4 Å². The maximum atomic E-state index is 13.3. The van der Waals surface area contributed by atoms with E-state index in [2.05, 4.69) is 31.2 Å². The number of thiazole rings is 1. The van der Waals surface area contributed by atoms with Gasteiger partial charge >= 0.3 is 12.1 Å². The molecule has 330 valence electrons. The van der Waals surface area contributed by atoms with Gasteiger partial charge in [0.2, 0.25) is 11.8 Å². The smallest absolute Gasteiger partial charge is 0.433 e. The Morgan fingerprint density at radius 3 is 2.31 bits per heavy atom. The number of imide groups is 1. The van der Waals surface area contributed by atoms with Gasteiger partial charge < -0.3 is 31.1 Å². The number of carboxylic acids is 1. The van der Waals surface area contributed by atoms with Crippen LogP contribution >= 0.6 is 11.3 Å². The van der Waals surface area contributed by atoms with Crippen LogP contribution in [0.25, 0.3) is 10.2 Å². The van der Waals surface area contributed by atoms with Crippen LogP contribution < -0.4 is 21.3 Å². The lowest BCUT2D eigenvalue weighted by Crippen LogP contribution is -2.52. The highest BCUT2D eigenvalue weighted by Crippen LogP contribution is 2.42. The Kier molecular flexibility index (Phi) is 13.3. The summed E-state index contributed by atoms with van der Waals surface area (Å²) in [6.45, 7) is 6.65. The first-order valence-electron chi connectivity index (χ1n) is 20.9. The molecule has 3 fully saturated rings. The van der Waals surface area contributed by atoms with Crippen molar-refractivity contribution in [1.82, 2.24) is 25.5 Å². The number of aromatic nitrogens is 2. The van der Waals surface area contributed by atoms with Gasteiger partial charge in [-0.2, -0.15) is 13.2 Å². The summed E-state index contributed by atoms with van der Waals surface area (Å²) in [6.07, 6.45) is 2.48. The Morgan fingerprint density at radius 1 is 0.903 bits per heavy atom. The molecule has 4 aromatic rings. The fourth-order valence-corrected chi connectivity index (χ4v) is 9.85. The van der Waals surface area contributed by atoms with Crippen LogP contribution in [-0.2, 0) is 21.4 Å². The number of aromatic carboxylic acids is 1. The van der Waals surface area contributed by atoms with Crippen LogP contribution in [0, 0.1) is 11.8 Å². The van der Waals surface area contributed by atoms with Crippen LogP contribution in [0.4, 0.5) is 24.5 Å². The molecular formula is C44H50F3N7O7S. The standard InChI is InChI=1S/C44H50F3N7O7S/c1-43(2,61)28-21-33-34(22-32(28)51-39(57)30-7-4-8-35(49-30)44(45,46)47)62-41(52-33)26-11-9-25(10-12-26)23-54-19-16-24(17-20-54)15-18-48-29-6-3-5-27(37(29)42(59)60)38(56)50-31-13-14-36(55)53-40(31)58/h3-8,21-22,24-26,31,48,61H,9-20,23H2,1-2H3,(H,50,56)(H,51,57)(H,59,60)(H,53,55,58). The molecule has 1 atom stereocenters. The molecule has 1 saturated carbocycles. The van der Waals surface area contributed by atoms with Gasteiger partial charge in [0.25, 0.3) is 11.8 Å². The molecule has 0 bridgehead atoms. The minimum Gasteiger partial charge on any atom is -0.478 e. The summed E-state index contributed by atoms with van der Waals surface area (Å²) in [5.41, 5.74) is -1.49. The highest BCUT2D eigenvalue weighted by molar-refractivity contribution is 7.18. The number of anilines is 2. The van der Waals surface area contributed by atoms with Gasteiger partial charge in [0, 0.05) is 42.4 Å². The van der Waals surface area contributed by atoms with Gasteiger partial charge in [-0.05, 0) is 127 Å². The summed E-state index contributed by atoms with van der Waals surface area (Å²) in [7, 11) is 0. The van der Waals surface area contributed by atoms with E-state index in [1.54, 1.807) is 38.1 Å². The number of piperidine rings is 2. The van der Waals surface area contributed by atoms with E-state index in [9.17, 15) is 47.4 Å². The molecule has 7 rings (SSSR count). The molecular weight excluding hydrogens is 828 g/mol. The zero-order chi connectivity index (χ0) is 44.3. The SMILES string of the molecule is CC(C)(O)c1cc2nc(C3CCC(CN4CCC(CCNc5cccc(C(=O)NC6CCC(=O)NC6=O)c5C(=O)O)CC4)CC3)sc2cc1NC(=O)c1cccc(C(F)(F)F)n1. The summed E-state index contributed by atoms with van der Waals surface area (Å²) in [5, 5.41) is 32.6. The molecule has 18 heteroatoms. The molecule has 14 nitrogen and oxygen atoms in total. The fourth-order valence-electron chi connectivity index (χ4n) is 8.69. The van der Waals surface area contributed by atoms with Crippen LogP contribution in [0.5, 0.6) is 0 Å². The number of carboxylic acid groups (broad SMARTS) is 1. The average Bonchev–Trinajstić information content (AvgIpc) is 3.65. The van der Waals surface area contributed by atoms with E-state index in [4.69, 9.17) is 4.98 Å². The zero-order valence-electron chi connectivity index (χ0n) is 34.4. The number of nitrogens with one attached hydrogen (secondary N) is 4. The second-order valence-electron chi connectivity index (χ2n) is 17.0. The number of rotatable bonds is 13. The van der Waals surface area contributed by atoms with Gasteiger partial charge in [0.15, 0.2) is 0 Å². The Morgan fingerprint density at radius 2 is 1.63 bits per heavy atom. The Labute approximate surface area is 360 Å². The first-order valence-corrected chi connectivity index (χ1v) is 21.7. The molecule has 4 heterocycles. The van der Waals surface area contributed by atoms with Gasteiger partial charge in [-0.3, -0.25) is 24.5 Å². The number of benzene rings is 2. The minimum absolute atomic E-state index is 0.0633. The fraction of sp³-hybridized carbons (Fsp3) is 0.477. The van der Waals surface area contributed by atoms with Crippen molar-refractivity contribution < 1.29 is 47.4 Å². The molecule has 3 aliphatic rings. The van der Waals surface area contributed by atoms with E-state index in [1.807, 2.05) is 0 Å². The topological polar surface area (TPSA) is 203 Å². The van der Waals surface area contributed by atoms with Crippen LogP contribution in [0.3, 0.4) is 0 Å². The Balaban J connectivity index is 0.883. The molecule has 4 amide bonds. The zero-order valence-corrected chi connectivity index (χ0v) is 35.3. The van der Waals surface area contributed by atoms with Crippen LogP contribution in [0.1, 0.15) is 125 Å². The molecule has 6 N–H and O–H groups in total. The van der Waals surface area contributed by atoms with Crippen LogP contribution in [0.15, 0.2) is 48.5 Å². The predicted molar refractivity (Wildman–Crippen MR) is 226 cm³/mol. The van der Waals surface area contributed by atoms with Crippen molar-refractivity contribution in [1.29, 1.82) is 0 Å². The number of hydrogen-bond donors (Lipinski definition) is 6. The molecule has 1 aliphatic carbocycles. The van der Waals surface area contributed by atoms with Crippen molar-refractivity contribution >= 4 is 62.5 Å². The first kappa shape index (κ1) is 44.6. The summed E-state index contributed by atoms with van der Waals surface area (Å²) in [6, 6.07) is 10.3. The number of pyridine rings is 1. The summed E-state index contributed by atoms with van der Waals surface area (Å²) in [4.78, 5) is 73.0. The molecule has 0 radical (unpaired) electrons. The van der Waals surface area contributed by atoms with Crippen molar-refractivity contribution in [2.45, 2.75) is 95.4 Å². The lowest BCUT2D eigenvalue weighted by Gasteiger charge is -2.36. The number of alkyl halides is 3. The maximum Gasteiger partial charge on any atom is 0.433 e. The summed E-state index contributed by atoms with van der Waals surface area (Å²) < 4.78 is 40.6. The van der Waals surface area contributed by atoms with E-state index >= 15 is 0 Å². The monoisotopic (exact) mass is 877 g/mol. The highest BCUT2D eigenvalue weighted by Gasteiger charge is 2.34. The largest absolute Gasteiger partial charge is 0.478 e. The van der Waals surface area contributed by atoms with E-state index < -0.39 is 58.8 Å². The third-order valence-electron chi connectivity index (χ3n) is 12.1. The Bertz CT molecular complexity index is 2350. The maximum absolute atomic E-state index is 13.3. The number of fused-ring (bicyclic) bond motifs is 1. The van der Waals surface area contributed by atoms with Gasteiger partial charge in [0.1, 0.15) is 17.4 Å². The van der Waals surface area contributed by atoms with E-state index in [1.165, 1.54) is 23.5 Å². The number of amides is 4. The molecule has 62 heavy (non-hydrogen) atoms. The Hall–Kier alpha value is -5.46. The van der Waals surface area contributed by atoms with Crippen LogP contribution in [-0.4, -0.2) is 86.9 Å². The van der Waals surface area contributed by atoms with E-state index in [-0.39, 0.29) is 35.6 Å². The number of nitrogens with zero attached hydrogens (tertiary/aromatic N) is 3. The molecule has 1 unspecified atom stereocenters. The normalized spacial score (nSPS) is 20.5. The van der Waals surface area contributed by atoms with Gasteiger partial charge in [-0.25, -0.2) is 14.8 Å². The minimum atomic E-state index is -4.70. The number of aliphatic hydroxyl groups is 1. The lowest BCUT2D eigenvalue weighted by molar-refractivity contribution is -0.141. The van der Waals surface area contributed by atoms with Crippen molar-refractivity contribution in [3.63, 3.8) is 0 Å². The van der Waals surface area contributed by atoms with Gasteiger partial charge in [-0.1, -0.05) is 12.1 Å². The van der Waals surface area contributed by atoms with Crippen molar-refractivity contribution in [2.75, 3.05) is 36.8 Å². The molecule has 2 aromatic carbocycles. The quantitative estimate of drug-likeness (QED) is 0.0762. The average molecular weight is 878 g/mol. The number of carbonyl (C=O) groups is 5. The molecule has 2 aliphatic heterocycles. The summed E-state index contributed by atoms with van der Waals surface area (Å²) >= 11 is 1.53. The predicted octanol–water partition coefficient (Wildman–Crippen LogP) is 6.91. The third-order valence-corrected chi connectivity index (χ3v) is 13.3. The van der Waals surface area contributed by atoms with E-state index in [0.29, 0.717) is 35.1 Å². The number of likely N-dealkylation sites (tertiary alicyclic amines) is 1. The second-order valence-corrected chi connectivity index (χ2v) is 18.1. The molecule has 2 aromatic heterocycles. The van der Waals surface area contributed by atoms with Crippen LogP contribution in [0.2, 0.25) is 0 Å². The lowest BCUT2D eigenvalue weighted by atomic mass is 9.81. The highest BCUT2D eigenvalue weighted by atomic mass is 32.1. The third kappa shape index (κ3) is 10.6. The molecule has 2 saturated heterocycles. The second kappa shape index (κ2) is 18.5. The van der Waals surface area contributed by atoms with Crippen molar-refractivity contribution in [3.05, 3.63) is 81.6 Å². The number of carbonyl (C=O) groups excluding carboxylic acids is 4. The van der Waals surface area contributed by atoms with Gasteiger partial charge in [-0.15, -0.1) is 11.3 Å². The van der Waals surface area contributed by atoms with Gasteiger partial charge in [0.05, 0.1) is 32.0 Å². The number of hydrogen-bond acceptors (Lipinski definition) is 11. The van der Waals surface area contributed by atoms with Crippen molar-refractivity contribution in [2.24, 2.45) is 11.8 Å².